The van der Waals surface area contributed by atoms with Gasteiger partial charge in [-0.15, -0.1) is 0 Å². The molecule has 94 heavy (non-hydrogen) atoms. The van der Waals surface area contributed by atoms with Gasteiger partial charge in [-0.05, 0) is 298 Å². The fourth-order valence-electron chi connectivity index (χ4n) is 19.7. The second-order valence-electron chi connectivity index (χ2n) is 37.3. The lowest BCUT2D eigenvalue weighted by Gasteiger charge is -2.43. The Balaban J connectivity index is 0.000000141. The molecule has 0 amide bonds. The Morgan fingerprint density at radius 2 is 0.564 bits per heavy atom. The molecule has 0 aromatic carbocycles. The molecule has 0 heterocycles. The maximum Gasteiger partial charge on any atom is 0.00642 e. The van der Waals surface area contributed by atoms with E-state index < -0.39 is 0 Å². The van der Waals surface area contributed by atoms with E-state index in [1.54, 1.807) is 11.1 Å². The summed E-state index contributed by atoms with van der Waals surface area (Å²) in [6.07, 6.45) is 103. The molecule has 7 spiro atoms. The molecule has 8 atom stereocenters. The Morgan fingerprint density at radius 1 is 0.245 bits per heavy atom. The SMILES string of the molecule is CC(C)C1=CC2(C=CCCC2)CCC1.CC(C)C1=CC2(CCCCCC2)CCC1.CC(C)C1C=CC2(C=CCC2)CC1.CC(C)C1C=CC2(C=CCCC2)CC1.CC(C)C1C=CC2(CC1)CC2.CC(C)C1C=CC2(CCC2)CC1.CC(C)C1C=CC2(CCCCCC2)CC1. The van der Waals surface area contributed by atoms with Crippen molar-refractivity contribution < 1.29 is 0 Å². The fraction of sp³-hybridized carbons (Fsp3) is 0.787. The minimum Gasteiger partial charge on any atom is -0.0877 e. The topological polar surface area (TPSA) is 0 Å². The fourth-order valence-corrected chi connectivity index (χ4v) is 19.7. The van der Waals surface area contributed by atoms with Gasteiger partial charge in [0.25, 0.3) is 0 Å². The molecule has 0 nitrogen and oxygen atoms in total. The van der Waals surface area contributed by atoms with E-state index in [9.17, 15) is 0 Å². The Morgan fingerprint density at radius 3 is 0.883 bits per heavy atom. The van der Waals surface area contributed by atoms with Crippen LogP contribution in [0.15, 0.2) is 121 Å². The molecule has 0 heteroatoms. The van der Waals surface area contributed by atoms with Crippen LogP contribution in [0.5, 0.6) is 0 Å². The molecule has 14 aliphatic carbocycles. The van der Waals surface area contributed by atoms with Gasteiger partial charge in [-0.25, -0.2) is 0 Å². The van der Waals surface area contributed by atoms with Crippen LogP contribution in [0, 0.1) is 109 Å². The highest BCUT2D eigenvalue weighted by atomic mass is 14.5. The third kappa shape index (κ3) is 23.2. The first-order chi connectivity index (χ1) is 45.0. The van der Waals surface area contributed by atoms with Gasteiger partial charge < -0.3 is 0 Å². The molecule has 530 valence electrons. The Labute approximate surface area is 586 Å². The molecule has 0 radical (unpaired) electrons. The van der Waals surface area contributed by atoms with Gasteiger partial charge in [-0.2, -0.15) is 0 Å². The summed E-state index contributed by atoms with van der Waals surface area (Å²) in [5.41, 5.74) is 7.52. The predicted octanol–water partition coefficient (Wildman–Crippen LogP) is 30.0. The summed E-state index contributed by atoms with van der Waals surface area (Å²) in [5, 5.41) is 0. The molecule has 0 N–H and O–H groups in total. The van der Waals surface area contributed by atoms with Gasteiger partial charge in [0.2, 0.25) is 0 Å². The first-order valence-corrected chi connectivity index (χ1v) is 42.0. The number of hydrogen-bond donors (Lipinski definition) is 0. The summed E-state index contributed by atoms with van der Waals surface area (Å²) in [5.74, 6) is 9.97. The van der Waals surface area contributed by atoms with Gasteiger partial charge in [0, 0.05) is 16.2 Å². The van der Waals surface area contributed by atoms with Crippen molar-refractivity contribution >= 4 is 0 Å². The van der Waals surface area contributed by atoms with Crippen LogP contribution in [0.4, 0.5) is 0 Å². The van der Waals surface area contributed by atoms with E-state index in [4.69, 9.17) is 0 Å². The van der Waals surface area contributed by atoms with Gasteiger partial charge in [0.1, 0.15) is 0 Å². The zero-order chi connectivity index (χ0) is 67.3. The second kappa shape index (κ2) is 36.7. The van der Waals surface area contributed by atoms with Crippen molar-refractivity contribution in [2.75, 3.05) is 0 Å². The average molecular weight is 1280 g/mol. The van der Waals surface area contributed by atoms with E-state index in [0.29, 0.717) is 37.9 Å². The Hall–Kier alpha value is -2.60. The normalized spacial score (nSPS) is 32.7. The van der Waals surface area contributed by atoms with Crippen molar-refractivity contribution in [2.45, 2.75) is 360 Å². The summed E-state index contributed by atoms with van der Waals surface area (Å²) in [7, 11) is 0. The molecule has 4 fully saturated rings. The standard InChI is InChI=1S/2C15H26.2C14H22.C13H20.C12H20.C11H18/c1-13(2)14-7-11-15(12-8-14)9-5-3-4-6-10-15;1-13(2)14-8-7-11-15(12-14)9-5-3-4-6-10-15;1-12(2)13-6-10-14(11-7-13)8-4-3-5-9-14;1-12(2)13-7-6-10-14(11-13)8-4-3-5-9-14;1-11(2)12-5-9-13(10-6-12)7-3-4-8-13;1-10(2)11-4-8-12(9-5-11)6-3-7-12;1-9(2)10-3-5-11(6-4-10)7-8-11/h7,11,13-14H,3-6,8-10,12H2,1-2H3;12-13H,3-11H2,1-2H3;4,6,8,10,12-13H,3,5,7,9,11H2,1-2H3;4,8,11-12H,3,5-7,9-10H2,1-2H3;3,5,7,9,11-12H,4,6,8,10H2,1-2H3;4,8,10-11H,3,5-7,9H2,1-2H3;3,5,9-10H,4,6-8H2,1-2H3. The lowest BCUT2D eigenvalue weighted by atomic mass is 9.62. The monoisotopic (exact) mass is 1280 g/mol. The lowest BCUT2D eigenvalue weighted by molar-refractivity contribution is 0.156. The maximum atomic E-state index is 2.70. The third-order valence-corrected chi connectivity index (χ3v) is 27.8. The van der Waals surface area contributed by atoms with Crippen molar-refractivity contribution in [3.05, 3.63) is 121 Å². The lowest BCUT2D eigenvalue weighted by Crippen LogP contribution is -2.31. The molecule has 0 aliphatic heterocycles. The molecule has 0 saturated heterocycles. The largest absolute Gasteiger partial charge is 0.0877 e. The van der Waals surface area contributed by atoms with E-state index in [2.05, 4.69) is 206 Å². The van der Waals surface area contributed by atoms with Gasteiger partial charge >= 0.3 is 0 Å². The van der Waals surface area contributed by atoms with Gasteiger partial charge in [-0.3, -0.25) is 0 Å². The van der Waals surface area contributed by atoms with E-state index in [1.807, 2.05) is 0 Å². The van der Waals surface area contributed by atoms with Crippen molar-refractivity contribution in [3.63, 3.8) is 0 Å². The van der Waals surface area contributed by atoms with E-state index >= 15 is 0 Å². The molecule has 0 aromatic rings. The zero-order valence-corrected chi connectivity index (χ0v) is 64.8. The highest BCUT2D eigenvalue weighted by molar-refractivity contribution is 5.24. The van der Waals surface area contributed by atoms with Crippen LogP contribution in [0.1, 0.15) is 360 Å². The quantitative estimate of drug-likeness (QED) is 0.223. The number of hydrogen-bond acceptors (Lipinski definition) is 0. The first kappa shape index (κ1) is 77.1. The van der Waals surface area contributed by atoms with Crippen LogP contribution in [-0.2, 0) is 0 Å². The maximum absolute atomic E-state index is 2.70. The summed E-state index contributed by atoms with van der Waals surface area (Å²) in [4.78, 5) is 0. The highest BCUT2D eigenvalue weighted by Crippen LogP contribution is 2.55. The summed E-state index contributed by atoms with van der Waals surface area (Å²) >= 11 is 0. The molecule has 0 bridgehead atoms. The van der Waals surface area contributed by atoms with Crippen LogP contribution in [0.3, 0.4) is 0 Å². The predicted molar refractivity (Wildman–Crippen MR) is 417 cm³/mol. The third-order valence-electron chi connectivity index (χ3n) is 27.8. The Kier molecular flexibility index (Phi) is 30.1. The number of rotatable bonds is 7. The molecular weight excluding hydrogens is 1130 g/mol. The minimum atomic E-state index is 0.462. The summed E-state index contributed by atoms with van der Waals surface area (Å²) in [6.45, 7) is 32.8. The van der Waals surface area contributed by atoms with Crippen molar-refractivity contribution in [1.82, 2.24) is 0 Å². The van der Waals surface area contributed by atoms with E-state index in [-0.39, 0.29) is 0 Å². The average Bonchev–Trinajstić information content (AvgIpc) is 1.46. The number of allylic oxidation sites excluding steroid dienone is 20. The first-order valence-electron chi connectivity index (χ1n) is 42.0. The van der Waals surface area contributed by atoms with Crippen LogP contribution in [0.25, 0.3) is 0 Å². The summed E-state index contributed by atoms with van der Waals surface area (Å²) < 4.78 is 0. The van der Waals surface area contributed by atoms with Gasteiger partial charge in [0.05, 0.1) is 0 Å². The van der Waals surface area contributed by atoms with Crippen LogP contribution < -0.4 is 0 Å². The molecule has 14 aliphatic rings. The molecular formula is C94H154. The van der Waals surface area contributed by atoms with E-state index in [1.165, 1.54) is 263 Å². The molecule has 8 unspecified atom stereocenters. The van der Waals surface area contributed by atoms with Gasteiger partial charge in [0.15, 0.2) is 0 Å². The molecule has 4 saturated carbocycles. The minimum absolute atomic E-state index is 0.462. The summed E-state index contributed by atoms with van der Waals surface area (Å²) in [6, 6.07) is 0. The van der Waals surface area contributed by atoms with Gasteiger partial charge in [-0.1, -0.05) is 275 Å². The molecule has 14 rings (SSSR count). The molecule has 0 aromatic heterocycles. The Bertz CT molecular complexity index is 2510. The van der Waals surface area contributed by atoms with Crippen LogP contribution in [0.2, 0.25) is 0 Å². The van der Waals surface area contributed by atoms with Crippen molar-refractivity contribution in [3.8, 4) is 0 Å². The van der Waals surface area contributed by atoms with Crippen LogP contribution >= 0.6 is 0 Å². The smallest absolute Gasteiger partial charge is 0.00642 e. The van der Waals surface area contributed by atoms with E-state index in [0.717, 1.165) is 71.0 Å². The zero-order valence-electron chi connectivity index (χ0n) is 64.8. The second-order valence-corrected chi connectivity index (χ2v) is 37.3. The van der Waals surface area contributed by atoms with Crippen LogP contribution in [-0.4, -0.2) is 0 Å². The highest BCUT2D eigenvalue weighted by Gasteiger charge is 2.42. The van der Waals surface area contributed by atoms with Crippen molar-refractivity contribution in [2.24, 2.45) is 109 Å². The van der Waals surface area contributed by atoms with Crippen molar-refractivity contribution in [1.29, 1.82) is 0 Å².